The summed E-state index contributed by atoms with van der Waals surface area (Å²) in [7, 11) is 5.30. The van der Waals surface area contributed by atoms with Crippen LogP contribution in [0, 0.1) is 11.7 Å². The number of nitrogens with zero attached hydrogens (tertiary/aromatic N) is 3. The number of rotatable bonds is 4. The molecule has 2 aliphatic rings. The number of H-pyrrole nitrogens is 1. The molecular weight excluding hydrogens is 305 g/mol. The second-order valence-corrected chi connectivity index (χ2v) is 6.31. The van der Waals surface area contributed by atoms with Gasteiger partial charge in [0.2, 0.25) is 0 Å². The van der Waals surface area contributed by atoms with Gasteiger partial charge in [0.05, 0.1) is 6.20 Å². The van der Waals surface area contributed by atoms with Gasteiger partial charge in [0.15, 0.2) is 0 Å². The summed E-state index contributed by atoms with van der Waals surface area (Å²) in [4.78, 5) is 37.8. The number of aromatic nitrogens is 3. The molecule has 24 heavy (non-hydrogen) atoms. The fourth-order valence-electron chi connectivity index (χ4n) is 2.80. The van der Waals surface area contributed by atoms with Gasteiger partial charge in [-0.1, -0.05) is 0 Å². The first-order chi connectivity index (χ1) is 11.7. The van der Waals surface area contributed by atoms with Gasteiger partial charge in [-0.15, -0.1) is 0 Å². The Kier molecular flexibility index (Phi) is 3.61. The zero-order chi connectivity index (χ0) is 16.7. The van der Waals surface area contributed by atoms with Crippen LogP contribution in [0.25, 0.3) is 11.2 Å². The number of nitrogens with one attached hydrogen (secondary N) is 2. The van der Waals surface area contributed by atoms with Gasteiger partial charge in [-0.3, -0.25) is 0 Å². The van der Waals surface area contributed by atoms with Crippen molar-refractivity contribution in [2.45, 2.75) is 18.8 Å². The van der Waals surface area contributed by atoms with E-state index in [-0.39, 0.29) is 24.3 Å². The van der Waals surface area contributed by atoms with Crippen LogP contribution < -0.4 is 5.32 Å². The number of carbonyl (C=O) groups is 2. The third-order valence-corrected chi connectivity index (χ3v) is 4.51. The van der Waals surface area contributed by atoms with Crippen LogP contribution in [0.3, 0.4) is 0 Å². The number of amides is 2. The Bertz CT molecular complexity index is 861. The third-order valence-electron chi connectivity index (χ3n) is 4.51. The molecular formula is C16H16BN5O2. The Hall–Kier alpha value is -2.60. The Morgan fingerprint density at radius 1 is 1.42 bits per heavy atom. The Morgan fingerprint density at radius 2 is 2.21 bits per heavy atom. The van der Waals surface area contributed by atoms with Crippen molar-refractivity contribution in [3.05, 3.63) is 23.7 Å². The standard InChI is InChI=1S/C16H16BN5O2/c17-3-9-7-22(8-9)13(23)6-20-16(24)11-4-18-15-14(11)21-12(5-19-15)10-1-2-10/h4-5,9-10H,1-2,6-8H2,(H,18,19)(H,20,24). The SMILES string of the molecule is B#CC1CN(C(=O)CNC(=O)c2c[nH]c3ncc(C4CC4)nc23)C1. The zero-order valence-electron chi connectivity index (χ0n) is 13.1. The molecule has 0 bridgehead atoms. The van der Waals surface area contributed by atoms with E-state index in [1.54, 1.807) is 17.3 Å². The van der Waals surface area contributed by atoms with Crippen molar-refractivity contribution in [1.82, 2.24) is 25.2 Å². The Morgan fingerprint density at radius 3 is 2.92 bits per heavy atom. The average molecular weight is 321 g/mol. The molecule has 3 heterocycles. The topological polar surface area (TPSA) is 91.0 Å². The molecule has 1 saturated heterocycles. The Balaban J connectivity index is 1.43. The summed E-state index contributed by atoms with van der Waals surface area (Å²) in [6, 6.07) is 0. The van der Waals surface area contributed by atoms with Crippen molar-refractivity contribution >= 4 is 30.3 Å². The van der Waals surface area contributed by atoms with Crippen LogP contribution in [-0.2, 0) is 4.79 Å². The van der Waals surface area contributed by atoms with Gasteiger partial charge in [0.25, 0.3) is 0 Å². The molecule has 1 aliphatic carbocycles. The van der Waals surface area contributed by atoms with Crippen LogP contribution in [0.4, 0.5) is 0 Å². The molecule has 2 aromatic rings. The van der Waals surface area contributed by atoms with Crippen LogP contribution in [0.15, 0.2) is 12.4 Å². The second-order valence-electron chi connectivity index (χ2n) is 6.31. The van der Waals surface area contributed by atoms with E-state index in [2.05, 4.69) is 26.1 Å². The van der Waals surface area contributed by atoms with Gasteiger partial charge in [0.1, 0.15) is 0 Å². The third kappa shape index (κ3) is 2.69. The minimum atomic E-state index is -0.328. The fourth-order valence-corrected chi connectivity index (χ4v) is 2.80. The first-order valence-electron chi connectivity index (χ1n) is 8.02. The first-order valence-corrected chi connectivity index (χ1v) is 8.02. The van der Waals surface area contributed by atoms with E-state index >= 15 is 0 Å². The zero-order valence-corrected chi connectivity index (χ0v) is 13.1. The van der Waals surface area contributed by atoms with Gasteiger partial charge in [-0.2, -0.15) is 0 Å². The van der Waals surface area contributed by atoms with Crippen LogP contribution >= 0.6 is 0 Å². The average Bonchev–Trinajstić information content (AvgIpc) is 3.31. The van der Waals surface area contributed by atoms with Gasteiger partial charge in [-0.25, -0.2) is 0 Å². The van der Waals surface area contributed by atoms with Crippen LogP contribution in [0.2, 0.25) is 0 Å². The first kappa shape index (κ1) is 15.0. The summed E-state index contributed by atoms with van der Waals surface area (Å²) in [5.74, 6) is 2.76. The molecule has 0 aromatic carbocycles. The number of likely N-dealkylation sites (tertiary alicyclic amines) is 1. The maximum absolute atomic E-state index is 12.4. The van der Waals surface area contributed by atoms with Gasteiger partial charge in [0, 0.05) is 5.92 Å². The summed E-state index contributed by atoms with van der Waals surface area (Å²) in [5, 5.41) is 2.65. The molecule has 2 amide bonds. The summed E-state index contributed by atoms with van der Waals surface area (Å²) in [5.41, 5.74) is 2.47. The van der Waals surface area contributed by atoms with Gasteiger partial charge in [-0.05, 0) is 12.8 Å². The number of fused-ring (bicyclic) bond motifs is 1. The van der Waals surface area contributed by atoms with E-state index in [1.165, 1.54) is 0 Å². The molecule has 0 radical (unpaired) electrons. The summed E-state index contributed by atoms with van der Waals surface area (Å²) in [6.07, 6.45) is 5.58. The number of hydrogen-bond donors (Lipinski definition) is 2. The molecule has 1 aliphatic heterocycles. The van der Waals surface area contributed by atoms with Crippen LogP contribution in [0.5, 0.6) is 0 Å². The number of aromatic amines is 1. The molecule has 0 atom stereocenters. The van der Waals surface area contributed by atoms with Gasteiger partial charge < -0.3 is 0 Å². The quantitative estimate of drug-likeness (QED) is 0.785. The molecule has 0 unspecified atom stereocenters. The molecule has 120 valence electrons. The molecule has 2 N–H and O–H groups in total. The van der Waals surface area contributed by atoms with Crippen molar-refractivity contribution in [3.63, 3.8) is 0 Å². The van der Waals surface area contributed by atoms with E-state index in [1.807, 2.05) is 0 Å². The Labute approximate surface area is 139 Å². The fraction of sp³-hybridized carbons (Fsp3) is 0.438. The number of hydrogen-bond acceptors (Lipinski definition) is 4. The van der Waals surface area contributed by atoms with E-state index in [4.69, 9.17) is 7.33 Å². The molecule has 0 spiro atoms. The second kappa shape index (κ2) is 5.80. The van der Waals surface area contributed by atoms with E-state index in [0.717, 1.165) is 18.5 Å². The van der Waals surface area contributed by atoms with E-state index in [9.17, 15) is 9.59 Å². The molecule has 8 heteroatoms. The van der Waals surface area contributed by atoms with Crippen molar-refractivity contribution in [2.24, 2.45) is 5.92 Å². The summed E-state index contributed by atoms with van der Waals surface area (Å²) >= 11 is 0. The van der Waals surface area contributed by atoms with Crippen LogP contribution in [-0.4, -0.2) is 58.6 Å². The summed E-state index contributed by atoms with van der Waals surface area (Å²) < 4.78 is 0. The molecule has 1 saturated carbocycles. The molecule has 2 fully saturated rings. The predicted molar refractivity (Wildman–Crippen MR) is 87.9 cm³/mol. The minimum absolute atomic E-state index is 0.0431. The monoisotopic (exact) mass is 321 g/mol. The number of carbonyl (C=O) groups excluding carboxylic acids is 2. The van der Waals surface area contributed by atoms with Crippen molar-refractivity contribution < 1.29 is 9.59 Å². The molecule has 4 rings (SSSR count). The summed E-state index contributed by atoms with van der Waals surface area (Å²) in [6.45, 7) is 1.08. The normalized spacial score (nSPS) is 17.5. The predicted octanol–water partition coefficient (Wildman–Crippen LogP) is 0.151. The van der Waals surface area contributed by atoms with Gasteiger partial charge >= 0.3 is 114 Å². The van der Waals surface area contributed by atoms with E-state index in [0.29, 0.717) is 35.7 Å². The molecule has 2 aromatic heterocycles. The van der Waals surface area contributed by atoms with Crippen molar-refractivity contribution in [2.75, 3.05) is 19.6 Å². The van der Waals surface area contributed by atoms with Crippen molar-refractivity contribution in [3.8, 4) is 5.80 Å². The van der Waals surface area contributed by atoms with Crippen LogP contribution in [0.1, 0.15) is 34.8 Å². The molecule has 7 nitrogen and oxygen atoms in total. The maximum atomic E-state index is 12.4. The van der Waals surface area contributed by atoms with E-state index < -0.39 is 0 Å². The van der Waals surface area contributed by atoms with Crippen molar-refractivity contribution in [1.29, 1.82) is 0 Å².